The fourth-order valence-electron chi connectivity index (χ4n) is 0.129. The average molecular weight is 100 g/mol. The second kappa shape index (κ2) is 3.27. The van der Waals surface area contributed by atoms with Crippen molar-refractivity contribution in [3.8, 4) is 0 Å². The number of rotatable bonds is 2. The Morgan fingerprint density at radius 2 is 2.14 bits per heavy atom. The van der Waals surface area contributed by atoms with Crippen LogP contribution < -0.4 is 0 Å². The minimum Gasteiger partial charge on any atom is -0.367 e. The van der Waals surface area contributed by atoms with E-state index in [2.05, 4.69) is 10.3 Å². The van der Waals surface area contributed by atoms with Gasteiger partial charge in [-0.25, -0.2) is 0 Å². The Kier molecular flexibility index (Phi) is 2.83. The molecule has 0 aromatic carbocycles. The highest BCUT2D eigenvalue weighted by molar-refractivity contribution is 5.53. The van der Waals surface area contributed by atoms with Gasteiger partial charge in [-0.1, -0.05) is 5.22 Å². The molecule has 0 aromatic heterocycles. The maximum Gasteiger partial charge on any atom is 0.115 e. The lowest BCUT2D eigenvalue weighted by molar-refractivity contribution is 0.638. The van der Waals surface area contributed by atoms with Gasteiger partial charge in [0.2, 0.25) is 0 Å². The van der Waals surface area contributed by atoms with Gasteiger partial charge in [-0.3, -0.25) is 0 Å². The molecule has 0 atom stereocenters. The van der Waals surface area contributed by atoms with Crippen molar-refractivity contribution in [3.05, 3.63) is 0 Å². The van der Waals surface area contributed by atoms with Crippen molar-refractivity contribution in [3.63, 3.8) is 0 Å². The summed E-state index contributed by atoms with van der Waals surface area (Å²) in [7, 11) is 3.63. The van der Waals surface area contributed by atoms with Crippen molar-refractivity contribution in [2.24, 2.45) is 10.3 Å². The van der Waals surface area contributed by atoms with Gasteiger partial charge >= 0.3 is 0 Å². The van der Waals surface area contributed by atoms with Crippen LogP contribution in [-0.2, 0) is 0 Å². The van der Waals surface area contributed by atoms with Crippen molar-refractivity contribution in [1.29, 1.82) is 5.53 Å². The molecule has 0 saturated carbocycles. The summed E-state index contributed by atoms with van der Waals surface area (Å²) < 4.78 is 0. The van der Waals surface area contributed by atoms with Gasteiger partial charge in [0.1, 0.15) is 6.34 Å². The Bertz CT molecular complexity index is 75.0. The van der Waals surface area contributed by atoms with Crippen LogP contribution in [-0.4, -0.2) is 25.3 Å². The SMILES string of the molecule is CN(C)/C=N\N=N. The van der Waals surface area contributed by atoms with E-state index in [1.165, 1.54) is 6.34 Å². The van der Waals surface area contributed by atoms with E-state index < -0.39 is 0 Å². The highest BCUT2D eigenvalue weighted by Crippen LogP contribution is 1.66. The van der Waals surface area contributed by atoms with E-state index in [9.17, 15) is 0 Å². The molecule has 0 aliphatic rings. The molecule has 4 nitrogen and oxygen atoms in total. The average Bonchev–Trinajstić information content (AvgIpc) is 1.61. The fourth-order valence-corrected chi connectivity index (χ4v) is 0.129. The van der Waals surface area contributed by atoms with Crippen LogP contribution in [0.3, 0.4) is 0 Å². The summed E-state index contributed by atoms with van der Waals surface area (Å²) in [5, 5.41) is 6.02. The van der Waals surface area contributed by atoms with Crippen molar-refractivity contribution >= 4 is 6.34 Å². The van der Waals surface area contributed by atoms with Gasteiger partial charge in [0, 0.05) is 14.1 Å². The zero-order valence-corrected chi connectivity index (χ0v) is 4.42. The summed E-state index contributed by atoms with van der Waals surface area (Å²) in [6.07, 6.45) is 1.45. The van der Waals surface area contributed by atoms with E-state index in [0.717, 1.165) is 0 Å². The molecule has 0 heterocycles. The van der Waals surface area contributed by atoms with E-state index >= 15 is 0 Å². The van der Waals surface area contributed by atoms with Crippen molar-refractivity contribution in [2.45, 2.75) is 0 Å². The molecule has 0 amide bonds. The molecule has 40 valence electrons. The Balaban J connectivity index is 3.25. The van der Waals surface area contributed by atoms with Crippen LogP contribution in [0, 0.1) is 5.53 Å². The minimum absolute atomic E-state index is 1.45. The molecular formula is C3H8N4. The lowest BCUT2D eigenvalue weighted by Crippen LogP contribution is -2.06. The quantitative estimate of drug-likeness (QED) is 0.234. The predicted molar refractivity (Wildman–Crippen MR) is 27.3 cm³/mol. The first kappa shape index (κ1) is 6.07. The number of nitrogens with zero attached hydrogens (tertiary/aromatic N) is 3. The lowest BCUT2D eigenvalue weighted by atomic mass is 11.0. The zero-order valence-electron chi connectivity index (χ0n) is 4.42. The van der Waals surface area contributed by atoms with Crippen molar-refractivity contribution in [2.75, 3.05) is 14.1 Å². The number of hydrogen-bond acceptors (Lipinski definition) is 2. The normalized spacial score (nSPS) is 9.43. The van der Waals surface area contributed by atoms with Gasteiger partial charge in [-0.2, -0.15) is 5.53 Å². The molecule has 7 heavy (non-hydrogen) atoms. The topological polar surface area (TPSA) is 51.8 Å². The first-order valence-corrected chi connectivity index (χ1v) is 1.83. The molecule has 0 saturated heterocycles. The predicted octanol–water partition coefficient (Wildman–Crippen LogP) is 0.522. The van der Waals surface area contributed by atoms with Crippen LogP contribution in [0.15, 0.2) is 10.3 Å². The first-order chi connectivity index (χ1) is 3.27. The highest BCUT2D eigenvalue weighted by Gasteiger charge is 1.70. The van der Waals surface area contributed by atoms with Crippen molar-refractivity contribution in [1.82, 2.24) is 4.90 Å². The van der Waals surface area contributed by atoms with E-state index in [1.807, 2.05) is 14.1 Å². The maximum absolute atomic E-state index is 6.20. The lowest BCUT2D eigenvalue weighted by Gasteiger charge is -1.97. The number of nitrogens with one attached hydrogen (secondary N) is 1. The van der Waals surface area contributed by atoms with Crippen LogP contribution in [0.4, 0.5) is 0 Å². The molecule has 0 rings (SSSR count). The first-order valence-electron chi connectivity index (χ1n) is 1.83. The zero-order chi connectivity index (χ0) is 5.70. The van der Waals surface area contributed by atoms with Crippen LogP contribution in [0.2, 0.25) is 0 Å². The van der Waals surface area contributed by atoms with E-state index in [0.29, 0.717) is 0 Å². The van der Waals surface area contributed by atoms with E-state index in [1.54, 1.807) is 4.90 Å². The maximum atomic E-state index is 6.20. The fraction of sp³-hybridized carbons (Fsp3) is 0.667. The van der Waals surface area contributed by atoms with Crippen LogP contribution in [0.1, 0.15) is 0 Å². The second-order valence-electron chi connectivity index (χ2n) is 1.29. The summed E-state index contributed by atoms with van der Waals surface area (Å²) in [5.41, 5.74) is 6.20. The molecule has 1 N–H and O–H groups in total. The van der Waals surface area contributed by atoms with Gasteiger partial charge in [0.15, 0.2) is 0 Å². The molecule has 0 bridgehead atoms. The molecule has 0 aromatic rings. The second-order valence-corrected chi connectivity index (χ2v) is 1.29. The summed E-state index contributed by atoms with van der Waals surface area (Å²) in [4.78, 5) is 1.71. The summed E-state index contributed by atoms with van der Waals surface area (Å²) in [6.45, 7) is 0. The van der Waals surface area contributed by atoms with E-state index in [4.69, 9.17) is 5.53 Å². The Hall–Kier alpha value is -0.930. The Morgan fingerprint density at radius 1 is 1.57 bits per heavy atom. The van der Waals surface area contributed by atoms with Gasteiger partial charge in [0.25, 0.3) is 0 Å². The highest BCUT2D eigenvalue weighted by atomic mass is 15.3. The van der Waals surface area contributed by atoms with E-state index in [-0.39, 0.29) is 0 Å². The Morgan fingerprint density at radius 3 is 2.29 bits per heavy atom. The van der Waals surface area contributed by atoms with Gasteiger partial charge in [0.05, 0.1) is 0 Å². The Labute approximate surface area is 42.3 Å². The smallest absolute Gasteiger partial charge is 0.115 e. The molecule has 0 radical (unpaired) electrons. The molecule has 4 heteroatoms. The summed E-state index contributed by atoms with van der Waals surface area (Å²) in [6, 6.07) is 0. The molecule has 0 aliphatic carbocycles. The third-order valence-corrected chi connectivity index (χ3v) is 0.340. The monoisotopic (exact) mass is 100 g/mol. The standard InChI is InChI=1S/C3H8N4/c1-7(2)3-5-6-4/h3-4H,1-2H3/b5-3-,6-4?. The van der Waals surface area contributed by atoms with Gasteiger partial charge < -0.3 is 4.90 Å². The summed E-state index contributed by atoms with van der Waals surface area (Å²) in [5.74, 6) is 0. The van der Waals surface area contributed by atoms with Crippen molar-refractivity contribution < 1.29 is 0 Å². The molecule has 0 spiro atoms. The largest absolute Gasteiger partial charge is 0.367 e. The third kappa shape index (κ3) is 5.07. The third-order valence-electron chi connectivity index (χ3n) is 0.340. The summed E-state index contributed by atoms with van der Waals surface area (Å²) >= 11 is 0. The number of hydrogen-bond donors (Lipinski definition) is 1. The molecular weight excluding hydrogens is 92.1 g/mol. The molecule has 0 fully saturated rings. The van der Waals surface area contributed by atoms with Crippen LogP contribution in [0.5, 0.6) is 0 Å². The van der Waals surface area contributed by atoms with Crippen LogP contribution >= 0.6 is 0 Å². The van der Waals surface area contributed by atoms with Crippen LogP contribution in [0.25, 0.3) is 0 Å². The minimum atomic E-state index is 1.45. The molecule has 0 aliphatic heterocycles. The van der Waals surface area contributed by atoms with Gasteiger partial charge in [-0.05, 0) is 0 Å². The molecule has 0 unspecified atom stereocenters. The van der Waals surface area contributed by atoms with Gasteiger partial charge in [-0.15, -0.1) is 5.10 Å².